The van der Waals surface area contributed by atoms with Crippen molar-refractivity contribution < 1.29 is 4.79 Å². The highest BCUT2D eigenvalue weighted by Crippen LogP contribution is 2.08. The molecule has 0 aliphatic heterocycles. The molecule has 0 amide bonds. The number of carbonyl (C=O) groups is 1. The lowest BCUT2D eigenvalue weighted by molar-refractivity contribution is -0.118. The van der Waals surface area contributed by atoms with Crippen molar-refractivity contribution in [3.63, 3.8) is 0 Å². The Morgan fingerprint density at radius 3 is 2.69 bits per heavy atom. The number of nitrogens with zero attached hydrogens (tertiary/aromatic N) is 2. The van der Waals surface area contributed by atoms with Crippen molar-refractivity contribution in [2.75, 3.05) is 5.73 Å². The smallest absolute Gasteiger partial charge is 0.145 e. The van der Waals surface area contributed by atoms with Gasteiger partial charge in [-0.1, -0.05) is 26.2 Å². The van der Waals surface area contributed by atoms with Crippen molar-refractivity contribution in [1.82, 2.24) is 9.97 Å². The normalized spacial score (nSPS) is 10.3. The van der Waals surface area contributed by atoms with Gasteiger partial charge < -0.3 is 5.73 Å². The molecule has 0 atom stereocenters. The van der Waals surface area contributed by atoms with Crippen LogP contribution in [0.1, 0.15) is 44.7 Å². The van der Waals surface area contributed by atoms with Crippen LogP contribution in [0, 0.1) is 0 Å². The molecule has 0 bridgehead atoms. The molecule has 4 nitrogen and oxygen atoms in total. The first-order valence-electron chi connectivity index (χ1n) is 5.81. The maximum atomic E-state index is 11.6. The largest absolute Gasteiger partial charge is 0.382 e. The van der Waals surface area contributed by atoms with E-state index in [1.165, 1.54) is 19.0 Å². The van der Waals surface area contributed by atoms with E-state index in [2.05, 4.69) is 16.9 Å². The number of nitrogen functional groups attached to an aromatic ring is 1. The Morgan fingerprint density at radius 2 is 2.00 bits per heavy atom. The molecule has 0 unspecified atom stereocenters. The van der Waals surface area contributed by atoms with Crippen molar-refractivity contribution in [1.29, 1.82) is 0 Å². The molecule has 0 radical (unpaired) electrons. The van der Waals surface area contributed by atoms with Crippen LogP contribution in [0.2, 0.25) is 0 Å². The Bertz CT molecular complexity index is 339. The maximum Gasteiger partial charge on any atom is 0.145 e. The van der Waals surface area contributed by atoms with Crippen molar-refractivity contribution >= 4 is 11.6 Å². The van der Waals surface area contributed by atoms with Gasteiger partial charge in [-0.25, -0.2) is 4.98 Å². The zero-order valence-electron chi connectivity index (χ0n) is 9.78. The molecule has 1 heterocycles. The highest BCUT2D eigenvalue weighted by molar-refractivity contribution is 5.81. The van der Waals surface area contributed by atoms with E-state index < -0.39 is 0 Å². The first kappa shape index (κ1) is 12.6. The average Bonchev–Trinajstić information content (AvgIpc) is 2.28. The highest BCUT2D eigenvalue weighted by Gasteiger charge is 2.07. The summed E-state index contributed by atoms with van der Waals surface area (Å²) < 4.78 is 0. The molecule has 1 rings (SSSR count). The second-order valence-electron chi connectivity index (χ2n) is 3.91. The van der Waals surface area contributed by atoms with Crippen molar-refractivity contribution in [2.45, 2.75) is 45.4 Å². The number of hydrogen-bond acceptors (Lipinski definition) is 4. The number of carbonyl (C=O) groups excluding carboxylic acids is 1. The molecule has 0 aliphatic carbocycles. The van der Waals surface area contributed by atoms with Gasteiger partial charge in [0.25, 0.3) is 0 Å². The van der Waals surface area contributed by atoms with Crippen LogP contribution in [-0.2, 0) is 11.2 Å². The first-order chi connectivity index (χ1) is 7.74. The summed E-state index contributed by atoms with van der Waals surface area (Å²) in [5, 5.41) is 0. The van der Waals surface area contributed by atoms with Gasteiger partial charge in [-0.3, -0.25) is 9.78 Å². The summed E-state index contributed by atoms with van der Waals surface area (Å²) in [6.45, 7) is 2.15. The van der Waals surface area contributed by atoms with E-state index in [9.17, 15) is 4.79 Å². The van der Waals surface area contributed by atoms with Gasteiger partial charge in [-0.2, -0.15) is 0 Å². The van der Waals surface area contributed by atoms with Crippen LogP contribution in [0.15, 0.2) is 12.4 Å². The first-order valence-corrected chi connectivity index (χ1v) is 5.81. The van der Waals surface area contributed by atoms with Crippen LogP contribution in [0.3, 0.4) is 0 Å². The monoisotopic (exact) mass is 221 g/mol. The Balaban J connectivity index is 2.32. The predicted molar refractivity (Wildman–Crippen MR) is 63.9 cm³/mol. The lowest BCUT2D eigenvalue weighted by Crippen LogP contribution is -2.08. The van der Waals surface area contributed by atoms with Gasteiger partial charge in [-0.05, 0) is 6.42 Å². The number of unbranched alkanes of at least 4 members (excludes halogenated alkanes) is 3. The highest BCUT2D eigenvalue weighted by atomic mass is 16.1. The second-order valence-corrected chi connectivity index (χ2v) is 3.91. The third kappa shape index (κ3) is 4.38. The van der Waals surface area contributed by atoms with Crippen molar-refractivity contribution in [2.24, 2.45) is 0 Å². The summed E-state index contributed by atoms with van der Waals surface area (Å²) in [7, 11) is 0. The summed E-state index contributed by atoms with van der Waals surface area (Å²) >= 11 is 0. The quantitative estimate of drug-likeness (QED) is 0.716. The summed E-state index contributed by atoms with van der Waals surface area (Å²) in [5.41, 5.74) is 6.22. The van der Waals surface area contributed by atoms with Gasteiger partial charge >= 0.3 is 0 Å². The van der Waals surface area contributed by atoms with E-state index >= 15 is 0 Å². The zero-order valence-corrected chi connectivity index (χ0v) is 9.78. The van der Waals surface area contributed by atoms with Crippen LogP contribution in [-0.4, -0.2) is 15.8 Å². The van der Waals surface area contributed by atoms with E-state index in [4.69, 9.17) is 5.73 Å². The van der Waals surface area contributed by atoms with E-state index in [0.717, 1.165) is 12.8 Å². The lowest BCUT2D eigenvalue weighted by Gasteiger charge is -2.02. The van der Waals surface area contributed by atoms with Gasteiger partial charge in [0.1, 0.15) is 11.6 Å². The Morgan fingerprint density at radius 1 is 1.25 bits per heavy atom. The number of anilines is 1. The minimum Gasteiger partial charge on any atom is -0.382 e. The summed E-state index contributed by atoms with van der Waals surface area (Å²) in [6, 6.07) is 0. The molecule has 0 saturated heterocycles. The van der Waals surface area contributed by atoms with E-state index in [0.29, 0.717) is 24.4 Å². The molecule has 2 N–H and O–H groups in total. The molecular weight excluding hydrogens is 202 g/mol. The molecule has 0 fully saturated rings. The molecule has 1 aromatic rings. The summed E-state index contributed by atoms with van der Waals surface area (Å²) in [5.74, 6) is 0.563. The van der Waals surface area contributed by atoms with Crippen LogP contribution in [0.5, 0.6) is 0 Å². The molecule has 0 aliphatic rings. The van der Waals surface area contributed by atoms with E-state index in [1.54, 1.807) is 6.20 Å². The average molecular weight is 221 g/mol. The fourth-order valence-corrected chi connectivity index (χ4v) is 1.54. The number of ketones is 1. The van der Waals surface area contributed by atoms with E-state index in [1.807, 2.05) is 0 Å². The van der Waals surface area contributed by atoms with Crippen LogP contribution in [0.25, 0.3) is 0 Å². The number of Topliss-reactive ketones (excluding diaryl/α,β-unsaturated/α-hetero) is 1. The molecule has 88 valence electrons. The zero-order chi connectivity index (χ0) is 11.8. The van der Waals surface area contributed by atoms with E-state index in [-0.39, 0.29) is 5.78 Å². The molecule has 0 aromatic carbocycles. The molecule has 1 aromatic heterocycles. The van der Waals surface area contributed by atoms with Crippen LogP contribution in [0.4, 0.5) is 5.82 Å². The molecule has 4 heteroatoms. The van der Waals surface area contributed by atoms with Gasteiger partial charge in [0.2, 0.25) is 0 Å². The van der Waals surface area contributed by atoms with Crippen molar-refractivity contribution in [3.05, 3.63) is 18.1 Å². The second kappa shape index (κ2) is 6.93. The number of aromatic nitrogens is 2. The molecule has 0 spiro atoms. The van der Waals surface area contributed by atoms with Gasteiger partial charge in [0.05, 0.1) is 12.1 Å². The molecular formula is C12H19N3O. The molecule has 16 heavy (non-hydrogen) atoms. The Labute approximate surface area is 96.3 Å². The predicted octanol–water partition coefficient (Wildman–Crippen LogP) is 2.14. The third-order valence-corrected chi connectivity index (χ3v) is 2.48. The summed E-state index contributed by atoms with van der Waals surface area (Å²) in [4.78, 5) is 19.6. The maximum absolute atomic E-state index is 11.6. The minimum absolute atomic E-state index is 0.198. The fraction of sp³-hybridized carbons (Fsp3) is 0.583. The third-order valence-electron chi connectivity index (χ3n) is 2.48. The Hall–Kier alpha value is -1.45. The molecule has 0 saturated carbocycles. The van der Waals surface area contributed by atoms with Gasteiger partial charge in [0, 0.05) is 18.8 Å². The topological polar surface area (TPSA) is 68.9 Å². The number of nitrogens with two attached hydrogens (primary N) is 1. The van der Waals surface area contributed by atoms with Crippen LogP contribution < -0.4 is 5.73 Å². The minimum atomic E-state index is 0.198. The number of hydrogen-bond donors (Lipinski definition) is 1. The van der Waals surface area contributed by atoms with Crippen molar-refractivity contribution in [3.8, 4) is 0 Å². The Kier molecular flexibility index (Phi) is 5.46. The standard InChI is InChI=1S/C12H19N3O/c1-2-3-4-5-6-10(16)9-11-12(13)15-8-7-14-11/h7-8H,2-6,9H2,1H3,(H2,13,15). The summed E-state index contributed by atoms with van der Waals surface area (Å²) in [6.07, 6.45) is 8.50. The van der Waals surface area contributed by atoms with Gasteiger partial charge in [0.15, 0.2) is 0 Å². The van der Waals surface area contributed by atoms with Crippen LogP contribution >= 0.6 is 0 Å². The lowest BCUT2D eigenvalue weighted by atomic mass is 10.1. The fourth-order valence-electron chi connectivity index (χ4n) is 1.54. The van der Waals surface area contributed by atoms with Gasteiger partial charge in [-0.15, -0.1) is 0 Å². The SMILES string of the molecule is CCCCCCC(=O)Cc1nccnc1N. The number of rotatable bonds is 7.